The van der Waals surface area contributed by atoms with Crippen molar-refractivity contribution in [2.45, 2.75) is 12.8 Å². The van der Waals surface area contributed by atoms with Crippen molar-refractivity contribution >= 4 is 29.2 Å². The van der Waals surface area contributed by atoms with Crippen LogP contribution in [0.4, 0.5) is 11.5 Å². The van der Waals surface area contributed by atoms with Gasteiger partial charge in [0.25, 0.3) is 17.5 Å². The van der Waals surface area contributed by atoms with Gasteiger partial charge in [-0.3, -0.25) is 29.4 Å². The standard InChI is InChI=1S/C21H21N5O5/c27-19(6-3-9-25-20(28)16-4-1-2-5-17(16)21(25)29)24-12-10-23(11-13-24)18-8-7-15(14-22-18)26(30)31/h1-2,4-5,7-8,14H,3,6,9-13H2. The Kier molecular flexibility index (Phi) is 5.61. The predicted octanol–water partition coefficient (Wildman–Crippen LogP) is 1.71. The molecule has 0 spiro atoms. The van der Waals surface area contributed by atoms with Gasteiger partial charge in [0.05, 0.1) is 16.1 Å². The molecule has 2 aliphatic heterocycles. The van der Waals surface area contributed by atoms with E-state index in [-0.39, 0.29) is 36.4 Å². The Bertz CT molecular complexity index is 996. The predicted molar refractivity (Wildman–Crippen MR) is 111 cm³/mol. The van der Waals surface area contributed by atoms with Crippen molar-refractivity contribution in [2.24, 2.45) is 0 Å². The van der Waals surface area contributed by atoms with Crippen LogP contribution in [0.25, 0.3) is 0 Å². The number of benzene rings is 1. The Morgan fingerprint density at radius 1 is 1.00 bits per heavy atom. The number of pyridine rings is 1. The SMILES string of the molecule is O=C(CCCN1C(=O)c2ccccc2C1=O)N1CCN(c2ccc([N+](=O)[O-])cn2)CC1. The molecule has 1 saturated heterocycles. The number of carbonyl (C=O) groups excluding carboxylic acids is 3. The number of aromatic nitrogens is 1. The van der Waals surface area contributed by atoms with Crippen molar-refractivity contribution in [1.29, 1.82) is 0 Å². The molecule has 0 aliphatic carbocycles. The number of nitro groups is 1. The molecule has 0 atom stereocenters. The maximum atomic E-state index is 12.5. The molecule has 0 bridgehead atoms. The van der Waals surface area contributed by atoms with Crippen LogP contribution in [-0.4, -0.2) is 70.2 Å². The Balaban J connectivity index is 1.24. The van der Waals surface area contributed by atoms with Crippen LogP contribution in [0.3, 0.4) is 0 Å². The zero-order valence-corrected chi connectivity index (χ0v) is 16.8. The van der Waals surface area contributed by atoms with E-state index < -0.39 is 4.92 Å². The summed E-state index contributed by atoms with van der Waals surface area (Å²) in [7, 11) is 0. The lowest BCUT2D eigenvalue weighted by Gasteiger charge is -2.35. The number of hydrogen-bond acceptors (Lipinski definition) is 7. The summed E-state index contributed by atoms with van der Waals surface area (Å²) in [5, 5.41) is 10.7. The lowest BCUT2D eigenvalue weighted by molar-refractivity contribution is -0.385. The first-order chi connectivity index (χ1) is 15.0. The molecule has 3 amide bonds. The smallest absolute Gasteiger partial charge is 0.287 e. The minimum Gasteiger partial charge on any atom is -0.353 e. The van der Waals surface area contributed by atoms with E-state index in [0.717, 1.165) is 0 Å². The quantitative estimate of drug-likeness (QED) is 0.394. The van der Waals surface area contributed by atoms with Crippen LogP contribution in [-0.2, 0) is 4.79 Å². The molecule has 0 N–H and O–H groups in total. The highest BCUT2D eigenvalue weighted by atomic mass is 16.6. The highest BCUT2D eigenvalue weighted by molar-refractivity contribution is 6.21. The number of anilines is 1. The Morgan fingerprint density at radius 2 is 1.65 bits per heavy atom. The number of carbonyl (C=O) groups is 3. The summed E-state index contributed by atoms with van der Waals surface area (Å²) in [6.45, 7) is 2.41. The van der Waals surface area contributed by atoms with Crippen molar-refractivity contribution < 1.29 is 19.3 Å². The third-order valence-electron chi connectivity index (χ3n) is 5.55. The summed E-state index contributed by atoms with van der Waals surface area (Å²) in [4.78, 5) is 56.6. The van der Waals surface area contributed by atoms with Crippen LogP contribution in [0, 0.1) is 10.1 Å². The molecule has 1 aromatic carbocycles. The third-order valence-corrected chi connectivity index (χ3v) is 5.55. The Hall–Kier alpha value is -3.82. The van der Waals surface area contributed by atoms with Crippen LogP contribution in [0.15, 0.2) is 42.6 Å². The van der Waals surface area contributed by atoms with Crippen LogP contribution < -0.4 is 4.90 Å². The molecule has 0 radical (unpaired) electrons. The second kappa shape index (κ2) is 8.50. The third kappa shape index (κ3) is 4.09. The van der Waals surface area contributed by atoms with E-state index >= 15 is 0 Å². The van der Waals surface area contributed by atoms with Crippen LogP contribution in [0.5, 0.6) is 0 Å². The van der Waals surface area contributed by atoms with Gasteiger partial charge < -0.3 is 9.80 Å². The van der Waals surface area contributed by atoms with Gasteiger partial charge in [0.15, 0.2) is 0 Å². The van der Waals surface area contributed by atoms with Crippen molar-refractivity contribution in [3.8, 4) is 0 Å². The molecule has 2 aliphatic rings. The van der Waals surface area contributed by atoms with Gasteiger partial charge in [-0.15, -0.1) is 0 Å². The molecule has 10 heteroatoms. The fourth-order valence-corrected chi connectivity index (χ4v) is 3.85. The van der Waals surface area contributed by atoms with Gasteiger partial charge in [-0.1, -0.05) is 12.1 Å². The number of fused-ring (bicyclic) bond motifs is 1. The van der Waals surface area contributed by atoms with Gasteiger partial charge in [0, 0.05) is 45.2 Å². The van der Waals surface area contributed by atoms with Gasteiger partial charge in [-0.2, -0.15) is 0 Å². The first-order valence-electron chi connectivity index (χ1n) is 10.0. The topological polar surface area (TPSA) is 117 Å². The van der Waals surface area contributed by atoms with E-state index in [1.54, 1.807) is 35.2 Å². The average molecular weight is 423 g/mol. The molecular formula is C21H21N5O5. The largest absolute Gasteiger partial charge is 0.353 e. The van der Waals surface area contributed by atoms with E-state index in [1.165, 1.54) is 17.2 Å². The van der Waals surface area contributed by atoms with E-state index in [1.807, 2.05) is 4.90 Å². The Labute approximate surface area is 178 Å². The number of nitrogens with zero attached hydrogens (tertiary/aromatic N) is 5. The molecular weight excluding hydrogens is 402 g/mol. The first kappa shape index (κ1) is 20.5. The number of piperazine rings is 1. The number of hydrogen-bond donors (Lipinski definition) is 0. The maximum Gasteiger partial charge on any atom is 0.287 e. The highest BCUT2D eigenvalue weighted by Gasteiger charge is 2.34. The fourth-order valence-electron chi connectivity index (χ4n) is 3.85. The van der Waals surface area contributed by atoms with Gasteiger partial charge in [0.1, 0.15) is 12.0 Å². The molecule has 2 aromatic rings. The van der Waals surface area contributed by atoms with Crippen molar-refractivity contribution in [3.63, 3.8) is 0 Å². The second-order valence-electron chi connectivity index (χ2n) is 7.41. The second-order valence-corrected chi connectivity index (χ2v) is 7.41. The zero-order chi connectivity index (χ0) is 22.0. The first-order valence-corrected chi connectivity index (χ1v) is 10.0. The van der Waals surface area contributed by atoms with E-state index in [9.17, 15) is 24.5 Å². The molecule has 31 heavy (non-hydrogen) atoms. The number of imide groups is 1. The van der Waals surface area contributed by atoms with Crippen LogP contribution in [0.1, 0.15) is 33.6 Å². The molecule has 4 rings (SSSR count). The van der Waals surface area contributed by atoms with Crippen molar-refractivity contribution in [2.75, 3.05) is 37.6 Å². The molecule has 1 aromatic heterocycles. The summed E-state index contributed by atoms with van der Waals surface area (Å²) in [5.74, 6) is 0.00534. The summed E-state index contributed by atoms with van der Waals surface area (Å²) >= 11 is 0. The molecule has 160 valence electrons. The number of rotatable bonds is 6. The van der Waals surface area contributed by atoms with Gasteiger partial charge in [0.2, 0.25) is 5.91 Å². The molecule has 0 unspecified atom stereocenters. The van der Waals surface area contributed by atoms with Gasteiger partial charge in [-0.25, -0.2) is 4.98 Å². The summed E-state index contributed by atoms with van der Waals surface area (Å²) in [5.41, 5.74) is 0.764. The van der Waals surface area contributed by atoms with Crippen molar-refractivity contribution in [1.82, 2.24) is 14.8 Å². The molecule has 10 nitrogen and oxygen atoms in total. The van der Waals surface area contributed by atoms with Crippen LogP contribution >= 0.6 is 0 Å². The van der Waals surface area contributed by atoms with Gasteiger partial charge in [-0.05, 0) is 24.6 Å². The van der Waals surface area contributed by atoms with E-state index in [2.05, 4.69) is 4.98 Å². The van der Waals surface area contributed by atoms with E-state index in [4.69, 9.17) is 0 Å². The summed E-state index contributed by atoms with van der Waals surface area (Å²) in [6.07, 6.45) is 1.89. The molecule has 1 fully saturated rings. The summed E-state index contributed by atoms with van der Waals surface area (Å²) < 4.78 is 0. The fraction of sp³-hybridized carbons (Fsp3) is 0.333. The average Bonchev–Trinajstić information content (AvgIpc) is 3.04. The number of amides is 3. The van der Waals surface area contributed by atoms with E-state index in [0.29, 0.717) is 49.5 Å². The normalized spacial score (nSPS) is 15.9. The maximum absolute atomic E-state index is 12.5. The van der Waals surface area contributed by atoms with Gasteiger partial charge >= 0.3 is 0 Å². The minimum absolute atomic E-state index is 0.0204. The zero-order valence-electron chi connectivity index (χ0n) is 16.8. The Morgan fingerprint density at radius 3 is 2.19 bits per heavy atom. The molecule has 3 heterocycles. The van der Waals surface area contributed by atoms with Crippen LogP contribution in [0.2, 0.25) is 0 Å². The highest BCUT2D eigenvalue weighted by Crippen LogP contribution is 2.23. The van der Waals surface area contributed by atoms with Crippen molar-refractivity contribution in [3.05, 3.63) is 63.8 Å². The lowest BCUT2D eigenvalue weighted by Crippen LogP contribution is -2.49. The monoisotopic (exact) mass is 423 g/mol. The lowest BCUT2D eigenvalue weighted by atomic mass is 10.1. The minimum atomic E-state index is -0.491. The summed E-state index contributed by atoms with van der Waals surface area (Å²) in [6, 6.07) is 9.75. The molecule has 0 saturated carbocycles.